The van der Waals surface area contributed by atoms with Gasteiger partial charge in [-0.15, -0.1) is 0 Å². The third-order valence-electron chi connectivity index (χ3n) is 3.80. The Bertz CT molecular complexity index is 301. The van der Waals surface area contributed by atoms with Crippen molar-refractivity contribution in [2.24, 2.45) is 5.92 Å². The zero-order chi connectivity index (χ0) is 12.8. The number of ether oxygens (including phenoxy) is 1. The molecule has 102 valence electrons. The summed E-state index contributed by atoms with van der Waals surface area (Å²) in [5.41, 5.74) is 0. The Morgan fingerprint density at radius 1 is 1.33 bits per heavy atom. The molecule has 1 aliphatic heterocycles. The first-order valence-electron chi connectivity index (χ1n) is 6.96. The van der Waals surface area contributed by atoms with Crippen molar-refractivity contribution in [2.45, 2.75) is 51.0 Å². The molecule has 2 aliphatic rings. The molecule has 1 saturated carbocycles. The number of hydrogen-bond acceptors (Lipinski definition) is 3. The molecule has 1 heterocycles. The first kappa shape index (κ1) is 13.2. The fraction of sp³-hybridized carbons (Fsp3) is 0.846. The van der Waals surface area contributed by atoms with E-state index in [0.717, 1.165) is 18.8 Å². The summed E-state index contributed by atoms with van der Waals surface area (Å²) in [7, 11) is 0. The molecule has 1 aliphatic carbocycles. The Morgan fingerprint density at radius 2 is 2.11 bits per heavy atom. The van der Waals surface area contributed by atoms with Gasteiger partial charge in [-0.1, -0.05) is 32.1 Å². The fourth-order valence-electron chi connectivity index (χ4n) is 2.60. The smallest absolute Gasteiger partial charge is 0.407 e. The monoisotopic (exact) mass is 254 g/mol. The maximum absolute atomic E-state index is 11.3. The van der Waals surface area contributed by atoms with Gasteiger partial charge < -0.3 is 15.4 Å². The van der Waals surface area contributed by atoms with Crippen molar-refractivity contribution in [3.63, 3.8) is 0 Å². The van der Waals surface area contributed by atoms with Crippen molar-refractivity contribution in [1.29, 1.82) is 0 Å². The molecule has 2 fully saturated rings. The molecule has 0 unspecified atom stereocenters. The van der Waals surface area contributed by atoms with Crippen LogP contribution in [0.1, 0.15) is 44.9 Å². The molecule has 5 nitrogen and oxygen atoms in total. The van der Waals surface area contributed by atoms with E-state index in [1.807, 2.05) is 0 Å². The van der Waals surface area contributed by atoms with Crippen LogP contribution in [0, 0.1) is 5.92 Å². The molecule has 0 aromatic carbocycles. The Hall–Kier alpha value is -1.26. The first-order chi connectivity index (χ1) is 8.75. The lowest BCUT2D eigenvalue weighted by Gasteiger charge is -2.26. The van der Waals surface area contributed by atoms with Crippen LogP contribution < -0.4 is 10.6 Å². The highest BCUT2D eigenvalue weighted by Gasteiger charge is 2.29. The van der Waals surface area contributed by atoms with E-state index in [1.54, 1.807) is 0 Å². The number of β-lactam (4-membered cyclic amide) rings is 1. The van der Waals surface area contributed by atoms with Crippen molar-refractivity contribution in [1.82, 2.24) is 10.6 Å². The van der Waals surface area contributed by atoms with Crippen molar-refractivity contribution >= 4 is 12.0 Å². The second-order valence-electron chi connectivity index (χ2n) is 5.22. The lowest BCUT2D eigenvalue weighted by Crippen LogP contribution is -2.61. The molecule has 2 rings (SSSR count). The molecule has 5 heteroatoms. The molecule has 0 spiro atoms. The summed E-state index contributed by atoms with van der Waals surface area (Å²) in [6.45, 7) is 0.965. The molecular weight excluding hydrogens is 232 g/mol. The number of rotatable bonds is 5. The van der Waals surface area contributed by atoms with E-state index in [1.165, 1.54) is 32.1 Å². The number of alkyl carbamates (subject to hydrolysis) is 1. The number of carbonyl (C=O) groups is 2. The molecule has 1 atom stereocenters. The first-order valence-corrected chi connectivity index (χ1v) is 6.96. The Labute approximate surface area is 108 Å². The van der Waals surface area contributed by atoms with Crippen LogP contribution in [0.2, 0.25) is 0 Å². The standard InChI is InChI=1S/C13H22N2O3/c16-12-11(9-14-12)15-13(17)18-8-4-7-10-5-2-1-3-6-10/h10-11H,1-9H2,(H,14,16)(H,15,17)/t11-/m0/s1. The zero-order valence-corrected chi connectivity index (χ0v) is 10.7. The van der Waals surface area contributed by atoms with Gasteiger partial charge in [-0.05, 0) is 18.8 Å². The topological polar surface area (TPSA) is 67.4 Å². The predicted molar refractivity (Wildman–Crippen MR) is 67.1 cm³/mol. The van der Waals surface area contributed by atoms with Gasteiger partial charge in [0.1, 0.15) is 6.04 Å². The average molecular weight is 254 g/mol. The molecular formula is C13H22N2O3. The number of nitrogens with one attached hydrogen (secondary N) is 2. The van der Waals surface area contributed by atoms with Crippen LogP contribution in [-0.4, -0.2) is 31.2 Å². The minimum atomic E-state index is -0.474. The maximum atomic E-state index is 11.3. The summed E-state index contributed by atoms with van der Waals surface area (Å²) < 4.78 is 5.06. The minimum absolute atomic E-state index is 0.130. The van der Waals surface area contributed by atoms with Gasteiger partial charge in [0.05, 0.1) is 6.61 Å². The van der Waals surface area contributed by atoms with E-state index >= 15 is 0 Å². The fourth-order valence-corrected chi connectivity index (χ4v) is 2.60. The third kappa shape index (κ3) is 3.89. The lowest BCUT2D eigenvalue weighted by atomic mass is 9.86. The van der Waals surface area contributed by atoms with Crippen LogP contribution >= 0.6 is 0 Å². The van der Waals surface area contributed by atoms with Gasteiger partial charge in [-0.3, -0.25) is 4.79 Å². The summed E-state index contributed by atoms with van der Waals surface area (Å²) in [6.07, 6.45) is 8.33. The van der Waals surface area contributed by atoms with E-state index in [0.29, 0.717) is 13.2 Å². The number of amides is 2. The molecule has 0 radical (unpaired) electrons. The average Bonchev–Trinajstić information content (AvgIpc) is 2.40. The van der Waals surface area contributed by atoms with Crippen molar-refractivity contribution in [2.75, 3.05) is 13.2 Å². The van der Waals surface area contributed by atoms with Crippen molar-refractivity contribution < 1.29 is 14.3 Å². The molecule has 18 heavy (non-hydrogen) atoms. The quantitative estimate of drug-likeness (QED) is 0.578. The summed E-state index contributed by atoms with van der Waals surface area (Å²) in [5, 5.41) is 5.10. The molecule has 0 aromatic heterocycles. The Morgan fingerprint density at radius 3 is 2.72 bits per heavy atom. The van der Waals surface area contributed by atoms with Gasteiger partial charge >= 0.3 is 6.09 Å². The highest BCUT2D eigenvalue weighted by molar-refractivity contribution is 5.90. The van der Waals surface area contributed by atoms with Crippen LogP contribution in [-0.2, 0) is 9.53 Å². The second-order valence-corrected chi connectivity index (χ2v) is 5.22. The van der Waals surface area contributed by atoms with Crippen LogP contribution in [0.5, 0.6) is 0 Å². The summed E-state index contributed by atoms with van der Waals surface area (Å²) in [4.78, 5) is 22.3. The number of carbonyl (C=O) groups excluding carboxylic acids is 2. The minimum Gasteiger partial charge on any atom is -0.450 e. The Balaban J connectivity index is 1.49. The number of hydrogen-bond donors (Lipinski definition) is 2. The third-order valence-corrected chi connectivity index (χ3v) is 3.80. The largest absolute Gasteiger partial charge is 0.450 e. The Kier molecular flexibility index (Phi) is 4.84. The molecule has 2 N–H and O–H groups in total. The van der Waals surface area contributed by atoms with E-state index in [4.69, 9.17) is 4.74 Å². The zero-order valence-electron chi connectivity index (χ0n) is 10.7. The van der Waals surface area contributed by atoms with Crippen LogP contribution in [0.3, 0.4) is 0 Å². The van der Waals surface area contributed by atoms with E-state index in [9.17, 15) is 9.59 Å². The summed E-state index contributed by atoms with van der Waals surface area (Å²) in [6, 6.07) is -0.393. The van der Waals surface area contributed by atoms with Gasteiger partial charge in [-0.2, -0.15) is 0 Å². The van der Waals surface area contributed by atoms with Gasteiger partial charge in [0.2, 0.25) is 5.91 Å². The van der Waals surface area contributed by atoms with E-state index < -0.39 is 12.1 Å². The van der Waals surface area contributed by atoms with E-state index in [2.05, 4.69) is 10.6 Å². The van der Waals surface area contributed by atoms with Crippen molar-refractivity contribution in [3.05, 3.63) is 0 Å². The van der Waals surface area contributed by atoms with Gasteiger partial charge in [0.15, 0.2) is 0 Å². The maximum Gasteiger partial charge on any atom is 0.407 e. The lowest BCUT2D eigenvalue weighted by molar-refractivity contribution is -0.128. The SMILES string of the molecule is O=C(N[C@H]1CNC1=O)OCCCC1CCCCC1. The molecule has 1 saturated heterocycles. The van der Waals surface area contributed by atoms with Crippen LogP contribution in [0.15, 0.2) is 0 Å². The molecule has 0 bridgehead atoms. The van der Waals surface area contributed by atoms with Gasteiger partial charge in [0, 0.05) is 6.54 Å². The van der Waals surface area contributed by atoms with Gasteiger partial charge in [0.25, 0.3) is 0 Å². The van der Waals surface area contributed by atoms with Gasteiger partial charge in [-0.25, -0.2) is 4.79 Å². The van der Waals surface area contributed by atoms with Crippen molar-refractivity contribution in [3.8, 4) is 0 Å². The summed E-state index contributed by atoms with van der Waals surface area (Å²) >= 11 is 0. The summed E-state index contributed by atoms with van der Waals surface area (Å²) in [5.74, 6) is 0.692. The normalized spacial score (nSPS) is 24.0. The second kappa shape index (κ2) is 6.61. The predicted octanol–water partition coefficient (Wildman–Crippen LogP) is 1.57. The van der Waals surface area contributed by atoms with Crippen LogP contribution in [0.25, 0.3) is 0 Å². The van der Waals surface area contributed by atoms with E-state index in [-0.39, 0.29) is 5.91 Å². The molecule has 0 aromatic rings. The highest BCUT2D eigenvalue weighted by Crippen LogP contribution is 2.27. The highest BCUT2D eigenvalue weighted by atomic mass is 16.5. The molecule has 2 amide bonds. The van der Waals surface area contributed by atoms with Crippen LogP contribution in [0.4, 0.5) is 4.79 Å².